The Hall–Kier alpha value is -2.04. The minimum absolute atomic E-state index is 0.00155. The first kappa shape index (κ1) is 27.0. The van der Waals surface area contributed by atoms with Crippen LogP contribution in [0.3, 0.4) is 0 Å². The number of nitrogens with one attached hydrogen (secondary N) is 1. The Kier molecular flexibility index (Phi) is 13.7. The zero-order chi connectivity index (χ0) is 23.0. The minimum atomic E-state index is -1.00. The second-order valence-electron chi connectivity index (χ2n) is 7.60. The molecule has 0 aliphatic heterocycles. The number of ether oxygens (including phenoxy) is 4. The topological polar surface area (TPSA) is 124 Å². The summed E-state index contributed by atoms with van der Waals surface area (Å²) in [4.78, 5) is 22.9. The molecule has 1 aromatic carbocycles. The van der Waals surface area contributed by atoms with E-state index in [4.69, 9.17) is 24.1 Å². The lowest BCUT2D eigenvalue weighted by atomic mass is 9.87. The van der Waals surface area contributed by atoms with Crippen molar-refractivity contribution >= 4 is 11.9 Å². The average molecular weight is 442 g/mol. The van der Waals surface area contributed by atoms with Crippen molar-refractivity contribution in [3.05, 3.63) is 35.9 Å². The molecule has 0 spiro atoms. The maximum absolute atomic E-state index is 12.3. The maximum Gasteiger partial charge on any atom is 0.305 e. The van der Waals surface area contributed by atoms with Crippen LogP contribution in [0.1, 0.15) is 25.8 Å². The van der Waals surface area contributed by atoms with Gasteiger partial charge in [0.2, 0.25) is 5.91 Å². The molecule has 0 bridgehead atoms. The van der Waals surface area contributed by atoms with E-state index in [-0.39, 0.29) is 32.8 Å². The van der Waals surface area contributed by atoms with E-state index in [1.807, 2.05) is 30.3 Å². The summed E-state index contributed by atoms with van der Waals surface area (Å²) in [6.45, 7) is 5.84. The highest BCUT2D eigenvalue weighted by atomic mass is 16.6. The first-order chi connectivity index (χ1) is 14.9. The number of aliphatic hydroxyl groups excluding tert-OH is 1. The van der Waals surface area contributed by atoms with Crippen molar-refractivity contribution in [3.63, 3.8) is 0 Å². The summed E-state index contributed by atoms with van der Waals surface area (Å²) >= 11 is 0. The summed E-state index contributed by atoms with van der Waals surface area (Å²) in [5.41, 5.74) is 0.292. The third kappa shape index (κ3) is 12.4. The summed E-state index contributed by atoms with van der Waals surface area (Å²) < 4.78 is 22.0. The Morgan fingerprint density at radius 3 is 2.13 bits per heavy atom. The zero-order valence-corrected chi connectivity index (χ0v) is 18.4. The van der Waals surface area contributed by atoms with Crippen molar-refractivity contribution in [1.29, 1.82) is 0 Å². The highest BCUT2D eigenvalue weighted by Crippen LogP contribution is 2.23. The first-order valence-corrected chi connectivity index (χ1v) is 10.4. The van der Waals surface area contributed by atoms with Crippen molar-refractivity contribution in [2.75, 3.05) is 52.8 Å². The van der Waals surface area contributed by atoms with Gasteiger partial charge < -0.3 is 34.5 Å². The van der Waals surface area contributed by atoms with Gasteiger partial charge in [-0.05, 0) is 5.56 Å². The second-order valence-corrected chi connectivity index (χ2v) is 7.60. The van der Waals surface area contributed by atoms with Gasteiger partial charge in [0, 0.05) is 12.0 Å². The van der Waals surface area contributed by atoms with Gasteiger partial charge in [-0.2, -0.15) is 0 Å². The van der Waals surface area contributed by atoms with Gasteiger partial charge in [-0.25, -0.2) is 0 Å². The molecule has 1 amide bonds. The smallest absolute Gasteiger partial charge is 0.305 e. The summed E-state index contributed by atoms with van der Waals surface area (Å²) in [5, 5.41) is 20.7. The lowest BCUT2D eigenvalue weighted by Crippen LogP contribution is -2.48. The van der Waals surface area contributed by atoms with E-state index in [9.17, 15) is 14.7 Å². The SMILES string of the molecule is CC(C)(CO)[C@@H](OCCOCCOCCOCc1ccccc1)C(=O)NCCC(=O)O. The van der Waals surface area contributed by atoms with E-state index in [0.29, 0.717) is 33.0 Å². The highest BCUT2D eigenvalue weighted by molar-refractivity contribution is 5.82. The fraction of sp³-hybridized carbons (Fsp3) is 0.636. The number of amides is 1. The summed E-state index contributed by atoms with van der Waals surface area (Å²) in [7, 11) is 0. The molecule has 0 heterocycles. The number of aliphatic hydroxyl groups is 1. The second kappa shape index (κ2) is 15.7. The number of carboxylic acids is 1. The Bertz CT molecular complexity index is 623. The predicted octanol–water partition coefficient (Wildman–Crippen LogP) is 1.23. The molecular formula is C22H35NO8. The molecule has 0 radical (unpaired) electrons. The molecule has 0 aliphatic carbocycles. The number of rotatable bonds is 18. The minimum Gasteiger partial charge on any atom is -0.481 e. The summed E-state index contributed by atoms with van der Waals surface area (Å²) in [5.74, 6) is -1.46. The van der Waals surface area contributed by atoms with Gasteiger partial charge in [-0.15, -0.1) is 0 Å². The van der Waals surface area contributed by atoms with Crippen LogP contribution in [-0.4, -0.2) is 81.0 Å². The van der Waals surface area contributed by atoms with Crippen molar-refractivity contribution in [1.82, 2.24) is 5.32 Å². The van der Waals surface area contributed by atoms with Gasteiger partial charge in [0.05, 0.1) is 59.3 Å². The van der Waals surface area contributed by atoms with E-state index in [1.54, 1.807) is 13.8 Å². The van der Waals surface area contributed by atoms with Crippen molar-refractivity contribution in [2.45, 2.75) is 33.0 Å². The molecule has 3 N–H and O–H groups in total. The molecule has 0 aromatic heterocycles. The van der Waals surface area contributed by atoms with Crippen LogP contribution in [0.2, 0.25) is 0 Å². The predicted molar refractivity (Wildman–Crippen MR) is 114 cm³/mol. The van der Waals surface area contributed by atoms with Gasteiger partial charge in [0.25, 0.3) is 0 Å². The van der Waals surface area contributed by atoms with Crippen LogP contribution in [0.25, 0.3) is 0 Å². The van der Waals surface area contributed by atoms with Gasteiger partial charge >= 0.3 is 5.97 Å². The van der Waals surface area contributed by atoms with E-state index >= 15 is 0 Å². The summed E-state index contributed by atoms with van der Waals surface area (Å²) in [6.07, 6.45) is -1.11. The Morgan fingerprint density at radius 2 is 1.55 bits per heavy atom. The van der Waals surface area contributed by atoms with E-state index in [2.05, 4.69) is 5.32 Å². The molecule has 9 heteroatoms. The van der Waals surface area contributed by atoms with E-state index < -0.39 is 23.4 Å². The lowest BCUT2D eigenvalue weighted by molar-refractivity contribution is -0.145. The fourth-order valence-electron chi connectivity index (χ4n) is 2.55. The molecule has 1 atom stereocenters. The Labute approximate surface area is 183 Å². The third-order valence-electron chi connectivity index (χ3n) is 4.36. The number of hydrogen-bond donors (Lipinski definition) is 3. The number of carbonyl (C=O) groups excluding carboxylic acids is 1. The zero-order valence-electron chi connectivity index (χ0n) is 18.4. The van der Waals surface area contributed by atoms with Crippen molar-refractivity contribution in [3.8, 4) is 0 Å². The van der Waals surface area contributed by atoms with Crippen LogP contribution in [0.15, 0.2) is 30.3 Å². The van der Waals surface area contributed by atoms with Crippen LogP contribution in [-0.2, 0) is 35.1 Å². The summed E-state index contributed by atoms with van der Waals surface area (Å²) in [6, 6.07) is 9.90. The number of carboxylic acid groups (broad SMARTS) is 1. The molecular weight excluding hydrogens is 406 g/mol. The monoisotopic (exact) mass is 441 g/mol. The van der Waals surface area contributed by atoms with Crippen LogP contribution in [0.4, 0.5) is 0 Å². The molecule has 9 nitrogen and oxygen atoms in total. The number of carbonyl (C=O) groups is 2. The number of hydrogen-bond acceptors (Lipinski definition) is 7. The Morgan fingerprint density at radius 1 is 0.968 bits per heavy atom. The molecule has 31 heavy (non-hydrogen) atoms. The highest BCUT2D eigenvalue weighted by Gasteiger charge is 2.35. The van der Waals surface area contributed by atoms with Crippen LogP contribution in [0.5, 0.6) is 0 Å². The molecule has 1 aromatic rings. The van der Waals surface area contributed by atoms with E-state index in [0.717, 1.165) is 5.56 Å². The quantitative estimate of drug-likeness (QED) is 0.291. The van der Waals surface area contributed by atoms with Crippen LogP contribution >= 0.6 is 0 Å². The Balaban J connectivity index is 2.11. The van der Waals surface area contributed by atoms with Gasteiger partial charge in [0.1, 0.15) is 6.10 Å². The molecule has 176 valence electrons. The molecule has 0 fully saturated rings. The first-order valence-electron chi connectivity index (χ1n) is 10.4. The normalized spacial score (nSPS) is 12.5. The van der Waals surface area contributed by atoms with Gasteiger partial charge in [-0.3, -0.25) is 9.59 Å². The van der Waals surface area contributed by atoms with Crippen molar-refractivity contribution in [2.24, 2.45) is 5.41 Å². The largest absolute Gasteiger partial charge is 0.481 e. The lowest BCUT2D eigenvalue weighted by Gasteiger charge is -2.31. The van der Waals surface area contributed by atoms with Crippen LogP contribution in [0, 0.1) is 5.41 Å². The molecule has 0 saturated carbocycles. The maximum atomic E-state index is 12.3. The molecule has 0 aliphatic rings. The van der Waals surface area contributed by atoms with Crippen LogP contribution < -0.4 is 5.32 Å². The van der Waals surface area contributed by atoms with Gasteiger partial charge in [-0.1, -0.05) is 44.2 Å². The van der Waals surface area contributed by atoms with Gasteiger partial charge in [0.15, 0.2) is 0 Å². The average Bonchev–Trinajstić information content (AvgIpc) is 2.74. The molecule has 0 saturated heterocycles. The van der Waals surface area contributed by atoms with E-state index in [1.165, 1.54) is 0 Å². The molecule has 1 rings (SSSR count). The fourth-order valence-corrected chi connectivity index (χ4v) is 2.55. The number of benzene rings is 1. The molecule has 0 unspecified atom stereocenters. The number of aliphatic carboxylic acids is 1. The third-order valence-corrected chi connectivity index (χ3v) is 4.36. The van der Waals surface area contributed by atoms with Crippen molar-refractivity contribution < 1.29 is 38.7 Å². The standard InChI is InChI=1S/C22H35NO8/c1-22(2,17-24)20(21(27)23-9-8-19(25)26)31-15-14-29-11-10-28-12-13-30-16-18-6-4-3-5-7-18/h3-7,20,24H,8-17H2,1-2H3,(H,23,27)(H,25,26)/t20-/m0/s1.